The standard InChI is InChI=1S/C6H21N3Si2/c1-8(2)11(9(3)4)7-10(5)6/h7,10-11H,1-6H3. The van der Waals surface area contributed by atoms with Gasteiger partial charge in [-0.05, 0) is 28.2 Å². The summed E-state index contributed by atoms with van der Waals surface area (Å²) < 4.78 is 8.36. The highest BCUT2D eigenvalue weighted by molar-refractivity contribution is 6.68. The SMILES string of the molecule is CN(C)[SiH](N[SiH](C)C)N(C)C. The quantitative estimate of drug-likeness (QED) is 0.599. The van der Waals surface area contributed by atoms with E-state index in [4.69, 9.17) is 0 Å². The van der Waals surface area contributed by atoms with Crippen molar-refractivity contribution in [3.8, 4) is 0 Å². The van der Waals surface area contributed by atoms with E-state index in [9.17, 15) is 0 Å². The Morgan fingerprint density at radius 3 is 1.36 bits per heavy atom. The van der Waals surface area contributed by atoms with Crippen molar-refractivity contribution in [1.82, 2.24) is 13.8 Å². The van der Waals surface area contributed by atoms with E-state index in [0.717, 1.165) is 0 Å². The Bertz CT molecular complexity index is 98.0. The van der Waals surface area contributed by atoms with E-state index in [1.807, 2.05) is 0 Å². The van der Waals surface area contributed by atoms with E-state index in [1.165, 1.54) is 0 Å². The van der Waals surface area contributed by atoms with Crippen molar-refractivity contribution in [2.24, 2.45) is 0 Å². The van der Waals surface area contributed by atoms with E-state index in [1.54, 1.807) is 0 Å². The monoisotopic (exact) mass is 191 g/mol. The molecule has 0 aliphatic rings. The van der Waals surface area contributed by atoms with Crippen molar-refractivity contribution in [3.63, 3.8) is 0 Å². The summed E-state index contributed by atoms with van der Waals surface area (Å²) in [6, 6.07) is 0. The van der Waals surface area contributed by atoms with Crippen molar-refractivity contribution in [2.75, 3.05) is 28.2 Å². The Balaban J connectivity index is 3.90. The molecule has 0 rings (SSSR count). The van der Waals surface area contributed by atoms with Crippen molar-refractivity contribution in [3.05, 3.63) is 0 Å². The third-order valence-corrected chi connectivity index (χ3v) is 7.28. The second-order valence-electron chi connectivity index (χ2n) is 3.62. The number of nitrogens with one attached hydrogen (secondary N) is 1. The summed E-state index contributed by atoms with van der Waals surface area (Å²) in [6.07, 6.45) is 0. The highest BCUT2D eigenvalue weighted by atomic mass is 28.4. The lowest BCUT2D eigenvalue weighted by atomic mass is 11.3. The van der Waals surface area contributed by atoms with Gasteiger partial charge in [-0.3, -0.25) is 0 Å². The molecule has 0 radical (unpaired) electrons. The highest BCUT2D eigenvalue weighted by Crippen LogP contribution is 1.88. The topological polar surface area (TPSA) is 18.5 Å². The van der Waals surface area contributed by atoms with Crippen LogP contribution in [0.15, 0.2) is 0 Å². The van der Waals surface area contributed by atoms with Crippen LogP contribution in [-0.4, -0.2) is 55.6 Å². The lowest BCUT2D eigenvalue weighted by Crippen LogP contribution is -2.59. The van der Waals surface area contributed by atoms with Crippen LogP contribution >= 0.6 is 0 Å². The summed E-state index contributed by atoms with van der Waals surface area (Å²) in [5.41, 5.74) is 0. The largest absolute Gasteiger partial charge is 0.340 e. The van der Waals surface area contributed by atoms with Crippen LogP contribution in [0.5, 0.6) is 0 Å². The molecule has 0 saturated heterocycles. The predicted molar refractivity (Wildman–Crippen MR) is 56.5 cm³/mol. The van der Waals surface area contributed by atoms with Crippen molar-refractivity contribution in [1.29, 1.82) is 0 Å². The highest BCUT2D eigenvalue weighted by Gasteiger charge is 2.17. The molecule has 5 heteroatoms. The van der Waals surface area contributed by atoms with Crippen molar-refractivity contribution >= 4 is 18.2 Å². The first-order valence-corrected chi connectivity index (χ1v) is 8.53. The number of hydrogen-bond donors (Lipinski definition) is 1. The Kier molecular flexibility index (Phi) is 5.19. The summed E-state index contributed by atoms with van der Waals surface area (Å²) in [6.45, 7) is 4.65. The molecule has 0 aromatic heterocycles. The van der Waals surface area contributed by atoms with Gasteiger partial charge in [0.1, 0.15) is 0 Å². The fourth-order valence-corrected chi connectivity index (χ4v) is 6.75. The number of rotatable bonds is 4. The van der Waals surface area contributed by atoms with E-state index >= 15 is 0 Å². The van der Waals surface area contributed by atoms with Gasteiger partial charge in [0.05, 0.1) is 8.96 Å². The molecule has 0 aromatic rings. The van der Waals surface area contributed by atoms with Gasteiger partial charge in [-0.2, -0.15) is 0 Å². The summed E-state index contributed by atoms with van der Waals surface area (Å²) >= 11 is 0. The lowest BCUT2D eigenvalue weighted by Gasteiger charge is -2.30. The number of nitrogens with zero attached hydrogens (tertiary/aromatic N) is 2. The zero-order chi connectivity index (χ0) is 9.02. The number of hydrogen-bond acceptors (Lipinski definition) is 3. The molecule has 0 unspecified atom stereocenters. The molecule has 1 N–H and O–H groups in total. The first-order chi connectivity index (χ1) is 4.95. The molecule has 0 heterocycles. The van der Waals surface area contributed by atoms with Crippen LogP contribution in [0.4, 0.5) is 0 Å². The molecule has 0 bridgehead atoms. The van der Waals surface area contributed by atoms with Gasteiger partial charge in [-0.25, -0.2) is 0 Å². The van der Waals surface area contributed by atoms with Crippen LogP contribution in [0.25, 0.3) is 0 Å². The Labute approximate surface area is 73.9 Å². The van der Waals surface area contributed by atoms with Gasteiger partial charge in [0.15, 0.2) is 0 Å². The maximum absolute atomic E-state index is 3.71. The predicted octanol–water partition coefficient (Wildman–Crippen LogP) is -0.600. The fourth-order valence-electron chi connectivity index (χ4n) is 1.06. The van der Waals surface area contributed by atoms with E-state index in [0.29, 0.717) is 0 Å². The second kappa shape index (κ2) is 5.05. The third-order valence-electron chi connectivity index (χ3n) is 1.46. The van der Waals surface area contributed by atoms with Crippen LogP contribution in [0, 0.1) is 0 Å². The van der Waals surface area contributed by atoms with Crippen LogP contribution in [0.1, 0.15) is 0 Å². The lowest BCUT2D eigenvalue weighted by molar-refractivity contribution is 0.509. The van der Waals surface area contributed by atoms with E-state index in [-0.39, 0.29) is 0 Å². The fraction of sp³-hybridized carbons (Fsp3) is 1.00. The molecule has 0 saturated carbocycles. The van der Waals surface area contributed by atoms with Gasteiger partial charge in [0.25, 0.3) is 9.28 Å². The second-order valence-corrected chi connectivity index (χ2v) is 10.1. The molecule has 0 fully saturated rings. The van der Waals surface area contributed by atoms with Crippen molar-refractivity contribution in [2.45, 2.75) is 13.1 Å². The Morgan fingerprint density at radius 1 is 0.909 bits per heavy atom. The zero-order valence-corrected chi connectivity index (χ0v) is 10.9. The minimum Gasteiger partial charge on any atom is -0.340 e. The van der Waals surface area contributed by atoms with Gasteiger partial charge in [0.2, 0.25) is 0 Å². The molecule has 0 atom stereocenters. The smallest absolute Gasteiger partial charge is 0.262 e. The van der Waals surface area contributed by atoms with Gasteiger partial charge in [0, 0.05) is 0 Å². The summed E-state index contributed by atoms with van der Waals surface area (Å²) in [7, 11) is 7.04. The van der Waals surface area contributed by atoms with Gasteiger partial charge in [-0.15, -0.1) is 0 Å². The van der Waals surface area contributed by atoms with E-state index < -0.39 is 18.2 Å². The molecule has 0 spiro atoms. The minimum atomic E-state index is -0.960. The maximum atomic E-state index is 3.71. The van der Waals surface area contributed by atoms with Crippen molar-refractivity contribution < 1.29 is 0 Å². The summed E-state index contributed by atoms with van der Waals surface area (Å²) in [4.78, 5) is 0. The molecule has 0 aliphatic carbocycles. The Morgan fingerprint density at radius 2 is 1.27 bits per heavy atom. The minimum absolute atomic E-state index is 0.612. The average Bonchev–Trinajstić information content (AvgIpc) is 1.81. The molecule has 0 amide bonds. The molecule has 11 heavy (non-hydrogen) atoms. The van der Waals surface area contributed by atoms with Crippen LogP contribution in [-0.2, 0) is 0 Å². The normalized spacial score (nSPS) is 12.5. The molecule has 0 aromatic carbocycles. The van der Waals surface area contributed by atoms with Gasteiger partial charge >= 0.3 is 0 Å². The third kappa shape index (κ3) is 4.70. The molecule has 3 nitrogen and oxygen atoms in total. The van der Waals surface area contributed by atoms with E-state index in [2.05, 4.69) is 55.1 Å². The summed E-state index contributed by atoms with van der Waals surface area (Å²) in [5.74, 6) is 0. The maximum Gasteiger partial charge on any atom is 0.262 e. The first-order valence-electron chi connectivity index (χ1n) is 4.04. The zero-order valence-electron chi connectivity index (χ0n) is 8.55. The molecular formula is C6H21N3Si2. The molecule has 68 valence electrons. The van der Waals surface area contributed by atoms with Crippen LogP contribution in [0.2, 0.25) is 13.1 Å². The first kappa shape index (κ1) is 11.3. The average molecular weight is 191 g/mol. The van der Waals surface area contributed by atoms with Gasteiger partial charge < -0.3 is 13.8 Å². The molecule has 0 aliphatic heterocycles. The van der Waals surface area contributed by atoms with Crippen LogP contribution < -0.4 is 4.65 Å². The van der Waals surface area contributed by atoms with Crippen LogP contribution in [0.3, 0.4) is 0 Å². The Hall–Kier alpha value is 0.314. The van der Waals surface area contributed by atoms with Gasteiger partial charge in [-0.1, -0.05) is 13.1 Å². The molecular weight excluding hydrogens is 170 g/mol. The summed E-state index contributed by atoms with van der Waals surface area (Å²) in [5, 5.41) is 0.